The number of hydrogen-bond acceptors (Lipinski definition) is 4. The first kappa shape index (κ1) is 16.0. The van der Waals surface area contributed by atoms with Gasteiger partial charge >= 0.3 is 20.2 Å². The van der Waals surface area contributed by atoms with Crippen LogP contribution < -0.4 is 0 Å². The number of rotatable bonds is 9. The number of carboxylic acids is 2. The van der Waals surface area contributed by atoms with E-state index in [1.54, 1.807) is 0 Å². The van der Waals surface area contributed by atoms with Gasteiger partial charge in [0.05, 0.1) is 0 Å². The van der Waals surface area contributed by atoms with Crippen LogP contribution in [-0.2, 0) is 18.7 Å². The standard InChI is InChI=1S/C9H15O7P/c1-2-3-5-9(8(12)13,16-17(14)15)6-4-7(10)11/h2-6H2,1H3,(H2-,10,11,12,13,14,15)/p+1. The van der Waals surface area contributed by atoms with Crippen LogP contribution in [-0.4, -0.2) is 32.6 Å². The van der Waals surface area contributed by atoms with E-state index in [0.29, 0.717) is 12.8 Å². The van der Waals surface area contributed by atoms with Gasteiger partial charge < -0.3 is 10.2 Å². The minimum atomic E-state index is -3.09. The lowest BCUT2D eigenvalue weighted by Crippen LogP contribution is -2.40. The predicted octanol–water partition coefficient (Wildman–Crippen LogP) is 1.53. The van der Waals surface area contributed by atoms with Crippen molar-refractivity contribution in [1.29, 1.82) is 0 Å². The Hall–Kier alpha value is -1.04. The predicted molar refractivity (Wildman–Crippen MR) is 57.7 cm³/mol. The maximum absolute atomic E-state index is 11.1. The van der Waals surface area contributed by atoms with E-state index in [1.165, 1.54) is 0 Å². The molecular weight excluding hydrogens is 251 g/mol. The third-order valence-electron chi connectivity index (χ3n) is 2.32. The van der Waals surface area contributed by atoms with Gasteiger partial charge in [-0.2, -0.15) is 0 Å². The molecule has 0 rings (SSSR count). The molecule has 17 heavy (non-hydrogen) atoms. The second kappa shape index (κ2) is 7.32. The lowest BCUT2D eigenvalue weighted by atomic mass is 9.92. The van der Waals surface area contributed by atoms with Crippen molar-refractivity contribution < 1.29 is 33.8 Å². The smallest absolute Gasteiger partial charge is 0.481 e. The van der Waals surface area contributed by atoms with Gasteiger partial charge in [-0.25, -0.2) is 4.79 Å². The Morgan fingerprint density at radius 2 is 1.88 bits per heavy atom. The Morgan fingerprint density at radius 3 is 2.24 bits per heavy atom. The molecule has 3 N–H and O–H groups in total. The molecule has 0 aromatic carbocycles. The summed E-state index contributed by atoms with van der Waals surface area (Å²) in [5, 5.41) is 17.6. The second-order valence-electron chi connectivity index (χ2n) is 3.63. The summed E-state index contributed by atoms with van der Waals surface area (Å²) in [7, 11) is -3.09. The second-order valence-corrected chi connectivity index (χ2v) is 4.28. The highest BCUT2D eigenvalue weighted by Crippen LogP contribution is 2.34. The molecule has 98 valence electrons. The molecule has 0 aliphatic carbocycles. The molecule has 2 atom stereocenters. The highest BCUT2D eigenvalue weighted by atomic mass is 31.1. The van der Waals surface area contributed by atoms with Gasteiger partial charge in [0.15, 0.2) is 0 Å². The molecular formula is C9H16O7P+. The zero-order chi connectivity index (χ0) is 13.5. The first-order valence-corrected chi connectivity index (χ1v) is 6.27. The summed E-state index contributed by atoms with van der Waals surface area (Å²) in [6.07, 6.45) is 0.384. The Kier molecular flexibility index (Phi) is 6.87. The molecule has 2 unspecified atom stereocenters. The van der Waals surface area contributed by atoms with Crippen LogP contribution in [0.5, 0.6) is 0 Å². The zero-order valence-corrected chi connectivity index (χ0v) is 10.4. The van der Waals surface area contributed by atoms with Gasteiger partial charge in [-0.3, -0.25) is 4.79 Å². The van der Waals surface area contributed by atoms with E-state index in [9.17, 15) is 14.2 Å². The number of carboxylic acid groups (broad SMARTS) is 2. The van der Waals surface area contributed by atoms with E-state index in [2.05, 4.69) is 4.52 Å². The van der Waals surface area contributed by atoms with Crippen LogP contribution in [0.4, 0.5) is 0 Å². The first-order chi connectivity index (χ1) is 7.84. The lowest BCUT2D eigenvalue weighted by Gasteiger charge is -2.21. The minimum Gasteiger partial charge on any atom is -0.481 e. The van der Waals surface area contributed by atoms with Crippen LogP contribution in [0.3, 0.4) is 0 Å². The van der Waals surface area contributed by atoms with Gasteiger partial charge in [0.1, 0.15) is 0 Å². The Labute approximate surface area is 99.4 Å². The van der Waals surface area contributed by atoms with Crippen LogP contribution in [0.2, 0.25) is 0 Å². The van der Waals surface area contributed by atoms with Crippen molar-refractivity contribution in [1.82, 2.24) is 0 Å². The van der Waals surface area contributed by atoms with Crippen molar-refractivity contribution in [2.24, 2.45) is 0 Å². The highest BCUT2D eigenvalue weighted by Gasteiger charge is 2.47. The fourth-order valence-electron chi connectivity index (χ4n) is 1.39. The zero-order valence-electron chi connectivity index (χ0n) is 9.46. The average molecular weight is 267 g/mol. The number of unbranched alkanes of at least 4 members (excludes halogenated alkanes) is 1. The molecule has 0 radical (unpaired) electrons. The SMILES string of the molecule is CCCCC(CCC(=O)O)(O[P+](=O)O)C(=O)O. The van der Waals surface area contributed by atoms with Crippen molar-refractivity contribution in [3.63, 3.8) is 0 Å². The molecule has 0 aliphatic rings. The molecule has 0 heterocycles. The Balaban J connectivity index is 4.87. The molecule has 0 bridgehead atoms. The Morgan fingerprint density at radius 1 is 1.29 bits per heavy atom. The van der Waals surface area contributed by atoms with Crippen molar-refractivity contribution in [3.05, 3.63) is 0 Å². The fraction of sp³-hybridized carbons (Fsp3) is 0.778. The first-order valence-electron chi connectivity index (χ1n) is 5.14. The maximum Gasteiger partial charge on any atom is 0.695 e. The van der Waals surface area contributed by atoms with Gasteiger partial charge in [0.2, 0.25) is 5.60 Å². The van der Waals surface area contributed by atoms with Gasteiger partial charge in [-0.05, 0) is 6.42 Å². The van der Waals surface area contributed by atoms with Crippen LogP contribution in [0, 0.1) is 0 Å². The van der Waals surface area contributed by atoms with Gasteiger partial charge in [-0.1, -0.05) is 19.8 Å². The molecule has 0 saturated heterocycles. The molecule has 0 fully saturated rings. The molecule has 7 nitrogen and oxygen atoms in total. The maximum atomic E-state index is 11.1. The third kappa shape index (κ3) is 5.72. The van der Waals surface area contributed by atoms with Crippen molar-refractivity contribution >= 4 is 20.2 Å². The van der Waals surface area contributed by atoms with E-state index < -0.39 is 32.2 Å². The van der Waals surface area contributed by atoms with Crippen LogP contribution in [0.15, 0.2) is 0 Å². The fourth-order valence-corrected chi connectivity index (χ4v) is 1.95. The van der Waals surface area contributed by atoms with E-state index in [1.807, 2.05) is 6.92 Å². The van der Waals surface area contributed by atoms with Crippen molar-refractivity contribution in [2.75, 3.05) is 0 Å². The van der Waals surface area contributed by atoms with Crippen LogP contribution in [0.1, 0.15) is 39.0 Å². The van der Waals surface area contributed by atoms with Crippen LogP contribution >= 0.6 is 8.25 Å². The largest absolute Gasteiger partial charge is 0.695 e. The molecule has 0 aromatic heterocycles. The molecule has 0 aliphatic heterocycles. The number of hydrogen-bond donors (Lipinski definition) is 3. The van der Waals surface area contributed by atoms with Crippen molar-refractivity contribution in [2.45, 2.75) is 44.6 Å². The molecule has 0 amide bonds. The van der Waals surface area contributed by atoms with E-state index in [4.69, 9.17) is 15.1 Å². The van der Waals surface area contributed by atoms with Gasteiger partial charge in [0.25, 0.3) is 0 Å². The summed E-state index contributed by atoms with van der Waals surface area (Å²) in [6.45, 7) is 1.82. The summed E-state index contributed by atoms with van der Waals surface area (Å²) in [5.41, 5.74) is -1.89. The lowest BCUT2D eigenvalue weighted by molar-refractivity contribution is -0.158. The highest BCUT2D eigenvalue weighted by molar-refractivity contribution is 7.32. The van der Waals surface area contributed by atoms with Gasteiger partial charge in [0, 0.05) is 17.4 Å². The quantitative estimate of drug-likeness (QED) is 0.541. The summed E-state index contributed by atoms with van der Waals surface area (Å²) < 4.78 is 15.2. The Bertz CT molecular complexity index is 304. The third-order valence-corrected chi connectivity index (χ3v) is 2.83. The average Bonchev–Trinajstić information content (AvgIpc) is 2.21. The van der Waals surface area contributed by atoms with E-state index in [0.717, 1.165) is 0 Å². The van der Waals surface area contributed by atoms with E-state index in [-0.39, 0.29) is 12.8 Å². The number of carbonyl (C=O) groups is 2. The van der Waals surface area contributed by atoms with Gasteiger partial charge in [-0.15, -0.1) is 9.42 Å². The number of aliphatic carboxylic acids is 2. The molecule has 8 heteroatoms. The summed E-state index contributed by atoms with van der Waals surface area (Å²) in [6, 6.07) is 0. The van der Waals surface area contributed by atoms with Crippen molar-refractivity contribution in [3.8, 4) is 0 Å². The molecule has 0 aromatic rings. The molecule has 0 spiro atoms. The topological polar surface area (TPSA) is 121 Å². The summed E-state index contributed by atoms with van der Waals surface area (Å²) >= 11 is 0. The normalized spacial score (nSPS) is 15.1. The minimum absolute atomic E-state index is 0.00769. The van der Waals surface area contributed by atoms with Crippen LogP contribution in [0.25, 0.3) is 0 Å². The summed E-state index contributed by atoms with van der Waals surface area (Å²) in [4.78, 5) is 30.2. The molecule has 0 saturated carbocycles. The van der Waals surface area contributed by atoms with E-state index >= 15 is 0 Å². The summed E-state index contributed by atoms with van der Waals surface area (Å²) in [5.74, 6) is -2.59. The monoisotopic (exact) mass is 267 g/mol.